The fraction of sp³-hybridized carbons (Fsp3) is 0. The van der Waals surface area contributed by atoms with Gasteiger partial charge in [-0.3, -0.25) is 10.1 Å². The summed E-state index contributed by atoms with van der Waals surface area (Å²) in [5.74, 6) is 0.361. The molecule has 2 heterocycles. The summed E-state index contributed by atoms with van der Waals surface area (Å²) in [5.41, 5.74) is 1.50. The quantitative estimate of drug-likeness (QED) is 0.534. The van der Waals surface area contributed by atoms with Crippen LogP contribution >= 0.6 is 12.2 Å². The maximum Gasteiger partial charge on any atom is 0.293 e. The van der Waals surface area contributed by atoms with E-state index in [0.717, 1.165) is 16.3 Å². The first-order valence-electron chi connectivity index (χ1n) is 7.66. The first-order chi connectivity index (χ1) is 12.2. The van der Waals surface area contributed by atoms with Crippen molar-refractivity contribution < 1.29 is 9.21 Å². The van der Waals surface area contributed by atoms with Gasteiger partial charge in [0.25, 0.3) is 5.91 Å². The van der Waals surface area contributed by atoms with E-state index in [4.69, 9.17) is 16.6 Å². The molecular formula is C19H13N3O2S. The smallest absolute Gasteiger partial charge is 0.293 e. The molecule has 5 nitrogen and oxygen atoms in total. The predicted octanol–water partition coefficient (Wildman–Crippen LogP) is 4.11. The molecule has 4 rings (SSSR count). The van der Waals surface area contributed by atoms with E-state index in [0.29, 0.717) is 11.4 Å². The maximum atomic E-state index is 12.3. The van der Waals surface area contributed by atoms with Crippen LogP contribution in [0, 0.1) is 0 Å². The standard InChI is InChI=1S/C19H13N3O2S/c23-18(16-11-13-6-2-4-8-15(13)24-16)22-19(25)21-17-10-9-12-5-1-3-7-14(12)20-17/h1-11H,(H2,20,21,22,23,25). The third-order valence-corrected chi connectivity index (χ3v) is 3.92. The summed E-state index contributed by atoms with van der Waals surface area (Å²) in [7, 11) is 0. The second kappa shape index (κ2) is 6.33. The Balaban J connectivity index is 1.47. The number of hydrogen-bond acceptors (Lipinski definition) is 4. The van der Waals surface area contributed by atoms with Crippen LogP contribution in [0.5, 0.6) is 0 Å². The van der Waals surface area contributed by atoms with Crippen LogP contribution < -0.4 is 10.6 Å². The largest absolute Gasteiger partial charge is 0.451 e. The molecule has 122 valence electrons. The summed E-state index contributed by atoms with van der Waals surface area (Å²) >= 11 is 5.19. The Labute approximate surface area is 148 Å². The lowest BCUT2D eigenvalue weighted by Crippen LogP contribution is -2.34. The molecule has 2 N–H and O–H groups in total. The summed E-state index contributed by atoms with van der Waals surface area (Å²) in [6.45, 7) is 0. The van der Waals surface area contributed by atoms with Crippen molar-refractivity contribution >= 4 is 50.9 Å². The molecule has 1 amide bonds. The van der Waals surface area contributed by atoms with Crippen LogP contribution in [0.1, 0.15) is 10.6 Å². The Morgan fingerprint density at radius 3 is 2.56 bits per heavy atom. The molecule has 0 saturated heterocycles. The van der Waals surface area contributed by atoms with Crippen molar-refractivity contribution in [3.8, 4) is 0 Å². The zero-order chi connectivity index (χ0) is 17.2. The number of aromatic nitrogens is 1. The van der Waals surface area contributed by atoms with E-state index in [2.05, 4.69) is 15.6 Å². The highest BCUT2D eigenvalue weighted by Gasteiger charge is 2.13. The highest BCUT2D eigenvalue weighted by molar-refractivity contribution is 7.80. The number of nitrogens with one attached hydrogen (secondary N) is 2. The van der Waals surface area contributed by atoms with Gasteiger partial charge in [-0.05, 0) is 42.5 Å². The van der Waals surface area contributed by atoms with Gasteiger partial charge < -0.3 is 9.73 Å². The summed E-state index contributed by atoms with van der Waals surface area (Å²) in [5, 5.41) is 7.57. The summed E-state index contributed by atoms with van der Waals surface area (Å²) < 4.78 is 5.52. The Morgan fingerprint density at radius 2 is 1.72 bits per heavy atom. The van der Waals surface area contributed by atoms with Crippen molar-refractivity contribution in [2.45, 2.75) is 0 Å². The molecule has 0 aliphatic rings. The summed E-state index contributed by atoms with van der Waals surface area (Å²) in [6, 6.07) is 20.6. The van der Waals surface area contributed by atoms with Crippen molar-refractivity contribution in [2.75, 3.05) is 5.32 Å². The number of fused-ring (bicyclic) bond motifs is 2. The first-order valence-corrected chi connectivity index (χ1v) is 8.06. The molecule has 0 unspecified atom stereocenters. The molecular weight excluding hydrogens is 334 g/mol. The van der Waals surface area contributed by atoms with Crippen molar-refractivity contribution in [1.82, 2.24) is 10.3 Å². The van der Waals surface area contributed by atoms with Crippen LogP contribution in [0.2, 0.25) is 0 Å². The predicted molar refractivity (Wildman–Crippen MR) is 102 cm³/mol. The number of carbonyl (C=O) groups is 1. The van der Waals surface area contributed by atoms with Crippen molar-refractivity contribution in [1.29, 1.82) is 0 Å². The van der Waals surface area contributed by atoms with Gasteiger partial charge in [-0.2, -0.15) is 0 Å². The lowest BCUT2D eigenvalue weighted by Gasteiger charge is -2.08. The van der Waals surface area contributed by atoms with Gasteiger partial charge in [0.2, 0.25) is 0 Å². The first kappa shape index (κ1) is 15.3. The van der Waals surface area contributed by atoms with Crippen LogP contribution in [0.15, 0.2) is 71.1 Å². The average molecular weight is 347 g/mol. The third-order valence-electron chi connectivity index (χ3n) is 3.72. The normalized spacial score (nSPS) is 10.7. The van der Waals surface area contributed by atoms with Gasteiger partial charge in [-0.15, -0.1) is 0 Å². The van der Waals surface area contributed by atoms with Gasteiger partial charge in [0.05, 0.1) is 5.52 Å². The third kappa shape index (κ3) is 3.20. The Hall–Kier alpha value is -3.25. The minimum Gasteiger partial charge on any atom is -0.451 e. The molecule has 0 spiro atoms. The van der Waals surface area contributed by atoms with Crippen LogP contribution in [0.25, 0.3) is 21.9 Å². The Morgan fingerprint density at radius 1 is 0.960 bits per heavy atom. The summed E-state index contributed by atoms with van der Waals surface area (Å²) in [4.78, 5) is 16.7. The van der Waals surface area contributed by atoms with Gasteiger partial charge in [0.15, 0.2) is 10.9 Å². The zero-order valence-electron chi connectivity index (χ0n) is 13.0. The molecule has 0 radical (unpaired) electrons. The van der Waals surface area contributed by atoms with E-state index in [9.17, 15) is 4.79 Å². The molecule has 0 atom stereocenters. The number of hydrogen-bond donors (Lipinski definition) is 2. The molecule has 25 heavy (non-hydrogen) atoms. The number of nitrogens with zero attached hydrogens (tertiary/aromatic N) is 1. The lowest BCUT2D eigenvalue weighted by molar-refractivity contribution is 0.0953. The monoisotopic (exact) mass is 347 g/mol. The zero-order valence-corrected chi connectivity index (χ0v) is 13.8. The molecule has 4 aromatic rings. The van der Waals surface area contributed by atoms with Gasteiger partial charge in [0.1, 0.15) is 11.4 Å². The number of amides is 1. The van der Waals surface area contributed by atoms with E-state index in [-0.39, 0.29) is 10.9 Å². The minimum atomic E-state index is -0.408. The number of thiocarbonyl (C=S) groups is 1. The van der Waals surface area contributed by atoms with Crippen molar-refractivity contribution in [2.24, 2.45) is 0 Å². The Kier molecular flexibility index (Phi) is 3.87. The maximum absolute atomic E-state index is 12.3. The van der Waals surface area contributed by atoms with Crippen molar-refractivity contribution in [3.63, 3.8) is 0 Å². The van der Waals surface area contributed by atoms with Gasteiger partial charge >= 0.3 is 0 Å². The van der Waals surface area contributed by atoms with Crippen LogP contribution in [0.4, 0.5) is 5.82 Å². The van der Waals surface area contributed by atoms with Gasteiger partial charge in [0, 0.05) is 10.8 Å². The van der Waals surface area contributed by atoms with Crippen molar-refractivity contribution in [3.05, 3.63) is 72.5 Å². The van der Waals surface area contributed by atoms with Gasteiger partial charge in [-0.25, -0.2) is 4.98 Å². The fourth-order valence-electron chi connectivity index (χ4n) is 2.54. The van der Waals surface area contributed by atoms with Gasteiger partial charge in [-0.1, -0.05) is 36.4 Å². The summed E-state index contributed by atoms with van der Waals surface area (Å²) in [6.07, 6.45) is 0. The number of anilines is 1. The minimum absolute atomic E-state index is 0.160. The molecule has 0 saturated carbocycles. The highest BCUT2D eigenvalue weighted by Crippen LogP contribution is 2.19. The molecule has 2 aromatic heterocycles. The van der Waals surface area contributed by atoms with E-state index < -0.39 is 5.91 Å². The average Bonchev–Trinajstić information content (AvgIpc) is 3.06. The topological polar surface area (TPSA) is 67.2 Å². The number of pyridine rings is 1. The fourth-order valence-corrected chi connectivity index (χ4v) is 2.74. The van der Waals surface area contributed by atoms with Crippen LogP contribution in [0.3, 0.4) is 0 Å². The Bertz CT molecular complexity index is 1070. The number of furan rings is 1. The molecule has 6 heteroatoms. The second-order valence-electron chi connectivity index (χ2n) is 5.45. The molecule has 0 bridgehead atoms. The number of benzene rings is 2. The SMILES string of the molecule is O=C(NC(=S)Nc1ccc2ccccc2n1)c1cc2ccccc2o1. The van der Waals surface area contributed by atoms with E-state index in [1.807, 2.05) is 60.7 Å². The van der Waals surface area contributed by atoms with E-state index in [1.165, 1.54) is 0 Å². The lowest BCUT2D eigenvalue weighted by atomic mass is 10.2. The highest BCUT2D eigenvalue weighted by atomic mass is 32.1. The van der Waals surface area contributed by atoms with E-state index >= 15 is 0 Å². The van der Waals surface area contributed by atoms with E-state index in [1.54, 1.807) is 6.07 Å². The molecule has 0 aliphatic heterocycles. The van der Waals surface area contributed by atoms with Crippen LogP contribution in [-0.2, 0) is 0 Å². The number of carbonyl (C=O) groups excluding carboxylic acids is 1. The number of rotatable bonds is 2. The second-order valence-corrected chi connectivity index (χ2v) is 5.85. The molecule has 0 fully saturated rings. The number of para-hydroxylation sites is 2. The molecule has 0 aliphatic carbocycles. The van der Waals surface area contributed by atoms with Crippen LogP contribution in [-0.4, -0.2) is 16.0 Å². The molecule has 2 aromatic carbocycles.